The Kier molecular flexibility index (Phi) is 32.5. The number of allylic oxidation sites excluding steroid dienone is 31. The second-order valence-electron chi connectivity index (χ2n) is 26.2. The van der Waals surface area contributed by atoms with Crippen molar-refractivity contribution in [2.75, 3.05) is 6.16 Å². The third kappa shape index (κ3) is 24.0. The average Bonchev–Trinajstić information content (AvgIpc) is 0.775. The van der Waals surface area contributed by atoms with E-state index >= 15 is 0 Å². The number of carbonyl (C=O) groups is 5. The van der Waals surface area contributed by atoms with Gasteiger partial charge in [-0.05, 0) is 192 Å². The van der Waals surface area contributed by atoms with Crippen molar-refractivity contribution >= 4 is 53.1 Å². The zero-order chi connectivity index (χ0) is 68.4. The van der Waals surface area contributed by atoms with Gasteiger partial charge in [-0.25, -0.2) is 0 Å². The molecular formula is C83H100BrO8P. The van der Waals surface area contributed by atoms with Gasteiger partial charge in [0.05, 0.1) is 6.16 Å². The van der Waals surface area contributed by atoms with E-state index < -0.39 is 25.6 Å². The van der Waals surface area contributed by atoms with Crippen LogP contribution in [0.2, 0.25) is 0 Å². The van der Waals surface area contributed by atoms with Gasteiger partial charge in [-0.3, -0.25) is 24.0 Å². The normalized spacial score (nSPS) is 20.6. The Bertz CT molecular complexity index is 3430. The molecule has 10 heteroatoms. The van der Waals surface area contributed by atoms with Crippen LogP contribution in [0.1, 0.15) is 130 Å². The molecule has 6 rings (SSSR count). The summed E-state index contributed by atoms with van der Waals surface area (Å²) in [5.41, 5.74) is 11.1. The van der Waals surface area contributed by atoms with Crippen molar-refractivity contribution in [3.8, 4) is 0 Å². The highest BCUT2D eigenvalue weighted by atomic mass is 79.9. The molecule has 3 aliphatic carbocycles. The van der Waals surface area contributed by atoms with Crippen molar-refractivity contribution in [1.29, 1.82) is 0 Å². The number of aliphatic hydroxyl groups is 3. The van der Waals surface area contributed by atoms with Crippen LogP contribution >= 0.6 is 7.26 Å². The zero-order valence-electron chi connectivity index (χ0n) is 57.7. The lowest BCUT2D eigenvalue weighted by Crippen LogP contribution is -3.00. The second-order valence-corrected chi connectivity index (χ2v) is 29.7. The molecule has 0 aromatic heterocycles. The molecule has 0 bridgehead atoms. The summed E-state index contributed by atoms with van der Waals surface area (Å²) >= 11 is 0. The van der Waals surface area contributed by atoms with Gasteiger partial charge in [0.2, 0.25) is 0 Å². The van der Waals surface area contributed by atoms with Crippen LogP contribution in [0.15, 0.2) is 291 Å². The lowest BCUT2D eigenvalue weighted by Gasteiger charge is -2.34. The van der Waals surface area contributed by atoms with Crippen LogP contribution < -0.4 is 32.9 Å². The van der Waals surface area contributed by atoms with Gasteiger partial charge in [0.15, 0.2) is 17.3 Å². The number of aliphatic hydroxyl groups excluding tert-OH is 3. The summed E-state index contributed by atoms with van der Waals surface area (Å²) in [5.74, 6) is -0.504. The molecule has 0 aliphatic heterocycles. The van der Waals surface area contributed by atoms with Crippen molar-refractivity contribution in [3.63, 3.8) is 0 Å². The molecule has 0 fully saturated rings. The maximum Gasteiger partial charge on any atom is 0.187 e. The van der Waals surface area contributed by atoms with Crippen molar-refractivity contribution in [1.82, 2.24) is 0 Å². The summed E-state index contributed by atoms with van der Waals surface area (Å²) in [4.78, 5) is 57.1. The van der Waals surface area contributed by atoms with E-state index in [1.165, 1.54) is 15.9 Å². The van der Waals surface area contributed by atoms with Crippen LogP contribution in [0.3, 0.4) is 0 Å². The number of carbonyl (C=O) groups excluding carboxylic acids is 5. The van der Waals surface area contributed by atoms with Gasteiger partial charge in [-0.15, -0.1) is 0 Å². The maximum absolute atomic E-state index is 12.4. The number of aldehydes is 2. The Morgan fingerprint density at radius 1 is 0.398 bits per heavy atom. The van der Waals surface area contributed by atoms with Gasteiger partial charge >= 0.3 is 0 Å². The minimum Gasteiger partial charge on any atom is -1.00 e. The maximum atomic E-state index is 12.4. The van der Waals surface area contributed by atoms with E-state index in [2.05, 4.69) is 196 Å². The molecular weight excluding hydrogens is 1240 g/mol. The van der Waals surface area contributed by atoms with Crippen LogP contribution in [-0.4, -0.2) is 69.7 Å². The molecule has 8 nitrogen and oxygen atoms in total. The quantitative estimate of drug-likeness (QED) is 0.0414. The summed E-state index contributed by atoms with van der Waals surface area (Å²) in [7, 11) is -1.93. The van der Waals surface area contributed by atoms with Gasteiger partial charge < -0.3 is 32.3 Å². The molecule has 0 saturated heterocycles. The summed E-state index contributed by atoms with van der Waals surface area (Å²) in [6.07, 6.45) is 42.9. The van der Waals surface area contributed by atoms with E-state index in [0.29, 0.717) is 47.1 Å². The van der Waals surface area contributed by atoms with Crippen LogP contribution in [0.25, 0.3) is 0 Å². The first-order valence-electron chi connectivity index (χ1n) is 31.6. The standard InChI is InChI=1S/C40H52O4.C33H36O2P.C10H12O2.BrH/c1-27(17-13-19-29(3)21-23-33-31(5)37(43)35(41)25-39(33,7)8)15-11-12-16-28(2)18-14-20-30(4)22-24-34-32(6)38(44)36(42)26-40(34,9)10;1-25(20-21-30-26(2)32(35)31(34)24-33(30,3)4)22-23-36(27-14-8-5-9-15-27,28-16-10-6-11-17-28)29-18-12-7-13-19-29;1-9(7-11)5-3-4-6-10(2)8-12;/h11-24,35-36,41-42H,25-26H2,1-10H3;5-22,31,34H,23-24H2,1-4H3;3-8H,1-2H3;1H/q;+1;;/p-1/b12-11+,17-13+,18-14+,23-21+,24-22+,27-15+,28-16+,29-19+,30-20+;21-20+,25-22+;4-3+,9-5+,10-6+;/t35-,36-;31-;;/m00../s1. The Morgan fingerprint density at radius 2 is 0.645 bits per heavy atom. The Labute approximate surface area is 567 Å². The third-order valence-corrected chi connectivity index (χ3v) is 21.1. The third-order valence-electron chi connectivity index (χ3n) is 16.8. The number of ketones is 3. The minimum absolute atomic E-state index is 0. The molecule has 0 radical (unpaired) electrons. The molecule has 3 aromatic carbocycles. The van der Waals surface area contributed by atoms with E-state index in [0.717, 1.165) is 63.3 Å². The van der Waals surface area contributed by atoms with E-state index in [9.17, 15) is 39.3 Å². The molecule has 3 N–H and O–H groups in total. The van der Waals surface area contributed by atoms with Gasteiger partial charge in [0.1, 0.15) is 54.1 Å². The van der Waals surface area contributed by atoms with Crippen LogP contribution in [-0.2, 0) is 24.0 Å². The monoisotopic (exact) mass is 1330 g/mol. The molecule has 0 spiro atoms. The molecule has 0 unspecified atom stereocenters. The van der Waals surface area contributed by atoms with E-state index in [4.69, 9.17) is 0 Å². The average molecular weight is 1340 g/mol. The fourth-order valence-electron chi connectivity index (χ4n) is 11.4. The van der Waals surface area contributed by atoms with Crippen molar-refractivity contribution in [3.05, 3.63) is 291 Å². The van der Waals surface area contributed by atoms with E-state index in [1.807, 2.05) is 81.5 Å². The number of Topliss-reactive ketones (excluding diaryl/α,β-unsaturated/α-hetero) is 3. The first-order chi connectivity index (χ1) is 43.4. The number of benzene rings is 3. The molecule has 0 heterocycles. The van der Waals surface area contributed by atoms with Gasteiger partial charge in [0.25, 0.3) is 0 Å². The summed E-state index contributed by atoms with van der Waals surface area (Å²) < 4.78 is 0. The van der Waals surface area contributed by atoms with Gasteiger partial charge in [-0.1, -0.05) is 246 Å². The first kappa shape index (κ1) is 79.6. The van der Waals surface area contributed by atoms with Crippen LogP contribution in [0, 0.1) is 16.2 Å². The zero-order valence-corrected chi connectivity index (χ0v) is 60.2. The van der Waals surface area contributed by atoms with E-state index in [1.54, 1.807) is 52.0 Å². The first-order valence-corrected chi connectivity index (χ1v) is 33.6. The highest BCUT2D eigenvalue weighted by Crippen LogP contribution is 2.55. The summed E-state index contributed by atoms with van der Waals surface area (Å²) in [5, 5.41) is 34.3. The molecule has 3 atom stereocenters. The number of hydrogen-bond donors (Lipinski definition) is 3. The lowest BCUT2D eigenvalue weighted by molar-refractivity contribution is -0.126. The number of rotatable bonds is 21. The Hall–Kier alpha value is -7.62. The predicted molar refractivity (Wildman–Crippen MR) is 389 cm³/mol. The van der Waals surface area contributed by atoms with E-state index in [-0.39, 0.29) is 50.6 Å². The predicted octanol–water partition coefficient (Wildman–Crippen LogP) is 13.9. The topological polar surface area (TPSA) is 146 Å². The highest BCUT2D eigenvalue weighted by molar-refractivity contribution is 7.95. The fraction of sp³-hybridized carbons (Fsp3) is 0.313. The molecule has 0 saturated carbocycles. The van der Waals surface area contributed by atoms with Gasteiger partial charge in [-0.2, -0.15) is 0 Å². The molecule has 3 aliphatic rings. The molecule has 3 aromatic rings. The highest BCUT2D eigenvalue weighted by Gasteiger charge is 2.45. The SMILES string of the molecule is CC1=C(/C=C/C(C)=C/C=C/C(C)=C/C=C/C=C(C)/C=C/C=C(C)/C=C/C2=C(C)C(=O)[C@@H](O)CC2(C)C)C(C)(C)C[C@H](O)C1=O.CC1=C(/C=C/C(C)=C/C[P+](c2ccccc2)(c2ccccc2)c2ccccc2)C(C)(C)C[C@H](O)C1=O.C\C(C=O)=C/C=C/C=C(\C)C=O.[Br-]. The molecule has 492 valence electrons. The Morgan fingerprint density at radius 3 is 0.925 bits per heavy atom. The van der Waals surface area contributed by atoms with Crippen LogP contribution in [0.4, 0.5) is 0 Å². The minimum atomic E-state index is -1.93. The largest absolute Gasteiger partial charge is 1.00 e. The second kappa shape index (κ2) is 37.9. The lowest BCUT2D eigenvalue weighted by atomic mass is 9.71. The summed E-state index contributed by atoms with van der Waals surface area (Å²) in [6, 6.07) is 32.7. The van der Waals surface area contributed by atoms with Crippen molar-refractivity contribution in [2.45, 2.75) is 148 Å². The van der Waals surface area contributed by atoms with Crippen LogP contribution in [0.5, 0.6) is 0 Å². The van der Waals surface area contributed by atoms with Crippen molar-refractivity contribution in [2.24, 2.45) is 16.2 Å². The van der Waals surface area contributed by atoms with Gasteiger partial charge in [0, 0.05) is 0 Å². The molecule has 0 amide bonds. The fourth-order valence-corrected chi connectivity index (χ4v) is 15.6. The summed E-state index contributed by atoms with van der Waals surface area (Å²) in [6.45, 7) is 31.6. The number of halogens is 1. The Balaban J connectivity index is 0.000000413. The number of hydrogen-bond acceptors (Lipinski definition) is 8. The van der Waals surface area contributed by atoms with Crippen molar-refractivity contribution < 1.29 is 56.3 Å². The molecule has 93 heavy (non-hydrogen) atoms. The smallest absolute Gasteiger partial charge is 0.187 e.